The molecular formula is C11H18. The lowest BCUT2D eigenvalue weighted by Gasteiger charge is -2.01. The Balaban J connectivity index is 4.50. The second-order valence-electron chi connectivity index (χ2n) is 3.24. The fourth-order valence-electron chi connectivity index (χ4n) is 0.911. The predicted octanol–water partition coefficient (Wildman–Crippen LogP) is 3.87. The number of hydrogen-bond donors (Lipinski definition) is 0. The number of allylic oxidation sites excluding steroid dienone is 5. The van der Waals surface area contributed by atoms with Crippen LogP contribution in [0.5, 0.6) is 0 Å². The van der Waals surface area contributed by atoms with Crippen molar-refractivity contribution in [3.63, 3.8) is 0 Å². The van der Waals surface area contributed by atoms with Crippen molar-refractivity contribution in [1.29, 1.82) is 0 Å². The van der Waals surface area contributed by atoms with Crippen molar-refractivity contribution in [2.75, 3.05) is 0 Å². The third kappa shape index (κ3) is 4.60. The maximum atomic E-state index is 3.73. The highest BCUT2D eigenvalue weighted by Crippen LogP contribution is 2.12. The number of rotatable bonds is 3. The van der Waals surface area contributed by atoms with Gasteiger partial charge in [-0.25, -0.2) is 0 Å². The molecule has 0 saturated heterocycles. The van der Waals surface area contributed by atoms with E-state index in [4.69, 9.17) is 0 Å². The van der Waals surface area contributed by atoms with E-state index >= 15 is 0 Å². The Bertz CT molecular complexity index is 184. The van der Waals surface area contributed by atoms with Gasteiger partial charge in [0.1, 0.15) is 0 Å². The summed E-state index contributed by atoms with van der Waals surface area (Å²) in [6, 6.07) is 0. The normalized spacial score (nSPS) is 8.73. The zero-order valence-corrected chi connectivity index (χ0v) is 8.07. The van der Waals surface area contributed by atoms with Crippen LogP contribution in [0.1, 0.15) is 34.1 Å². The Morgan fingerprint density at radius 3 is 2.00 bits per heavy atom. The molecule has 0 unspecified atom stereocenters. The molecule has 0 aliphatic heterocycles. The molecule has 0 aromatic rings. The smallest absolute Gasteiger partial charge is 0.0101 e. The third-order valence-electron chi connectivity index (χ3n) is 1.47. The van der Waals surface area contributed by atoms with E-state index in [1.54, 1.807) is 0 Å². The molecule has 0 N–H and O–H groups in total. The van der Waals surface area contributed by atoms with Gasteiger partial charge in [-0.2, -0.15) is 0 Å². The first-order valence-electron chi connectivity index (χ1n) is 4.00. The van der Waals surface area contributed by atoms with Crippen LogP contribution in [0, 0.1) is 0 Å². The lowest BCUT2D eigenvalue weighted by molar-refractivity contribution is 1.17. The van der Waals surface area contributed by atoms with Gasteiger partial charge in [-0.1, -0.05) is 23.3 Å². The van der Waals surface area contributed by atoms with Crippen LogP contribution in [0.25, 0.3) is 0 Å². The van der Waals surface area contributed by atoms with Crippen LogP contribution in [0.2, 0.25) is 0 Å². The Hall–Kier alpha value is -0.780. The Morgan fingerprint density at radius 1 is 1.18 bits per heavy atom. The van der Waals surface area contributed by atoms with E-state index in [2.05, 4.69) is 40.3 Å². The first-order valence-corrected chi connectivity index (χ1v) is 4.00. The van der Waals surface area contributed by atoms with Crippen molar-refractivity contribution >= 4 is 0 Å². The van der Waals surface area contributed by atoms with Gasteiger partial charge >= 0.3 is 0 Å². The Kier molecular flexibility index (Phi) is 4.60. The monoisotopic (exact) mass is 150 g/mol. The molecule has 62 valence electrons. The second-order valence-corrected chi connectivity index (χ2v) is 3.24. The summed E-state index contributed by atoms with van der Waals surface area (Å²) in [5.74, 6) is 0. The van der Waals surface area contributed by atoms with Crippen molar-refractivity contribution < 1.29 is 0 Å². The van der Waals surface area contributed by atoms with Crippen LogP contribution in [0.15, 0.2) is 35.5 Å². The van der Waals surface area contributed by atoms with Crippen LogP contribution in [0.3, 0.4) is 0 Å². The molecule has 0 aromatic heterocycles. The van der Waals surface area contributed by atoms with Crippen LogP contribution < -0.4 is 0 Å². The summed E-state index contributed by atoms with van der Waals surface area (Å²) >= 11 is 0. The Morgan fingerprint density at radius 2 is 1.73 bits per heavy atom. The van der Waals surface area contributed by atoms with Gasteiger partial charge in [-0.05, 0) is 39.7 Å². The highest BCUT2D eigenvalue weighted by atomic mass is 14.0. The van der Waals surface area contributed by atoms with Gasteiger partial charge in [-0.3, -0.25) is 0 Å². The van der Waals surface area contributed by atoms with E-state index in [-0.39, 0.29) is 0 Å². The maximum Gasteiger partial charge on any atom is -0.0101 e. The highest BCUT2D eigenvalue weighted by molar-refractivity contribution is 5.27. The van der Waals surface area contributed by atoms with Gasteiger partial charge in [0.25, 0.3) is 0 Å². The second kappa shape index (κ2) is 4.95. The van der Waals surface area contributed by atoms with Crippen LogP contribution >= 0.6 is 0 Å². The molecule has 11 heavy (non-hydrogen) atoms. The molecule has 0 aliphatic carbocycles. The quantitative estimate of drug-likeness (QED) is 0.423. The van der Waals surface area contributed by atoms with Crippen molar-refractivity contribution in [1.82, 2.24) is 0 Å². The van der Waals surface area contributed by atoms with E-state index in [0.29, 0.717) is 0 Å². The molecule has 0 fully saturated rings. The molecule has 0 spiro atoms. The first kappa shape index (κ1) is 10.2. The molecule has 0 rings (SSSR count). The molecule has 0 nitrogen and oxygen atoms in total. The average molecular weight is 150 g/mol. The van der Waals surface area contributed by atoms with Crippen molar-refractivity contribution in [3.05, 3.63) is 35.5 Å². The maximum absolute atomic E-state index is 3.73. The summed E-state index contributed by atoms with van der Waals surface area (Å²) in [5.41, 5.74) is 4.12. The molecule has 0 heteroatoms. The molecule has 0 saturated carbocycles. The van der Waals surface area contributed by atoms with Crippen molar-refractivity contribution in [2.24, 2.45) is 0 Å². The topological polar surface area (TPSA) is 0 Å². The number of hydrogen-bond acceptors (Lipinski definition) is 0. The minimum absolute atomic E-state index is 0.980. The van der Waals surface area contributed by atoms with Crippen molar-refractivity contribution in [2.45, 2.75) is 34.1 Å². The zero-order valence-electron chi connectivity index (χ0n) is 8.07. The summed E-state index contributed by atoms with van der Waals surface area (Å²) in [6.07, 6.45) is 5.15. The zero-order chi connectivity index (χ0) is 8.85. The molecular weight excluding hydrogens is 132 g/mol. The average Bonchev–Trinajstić information content (AvgIpc) is 1.86. The minimum atomic E-state index is 0.980. The van der Waals surface area contributed by atoms with E-state index < -0.39 is 0 Å². The van der Waals surface area contributed by atoms with Crippen LogP contribution in [-0.2, 0) is 0 Å². The molecule has 0 amide bonds. The molecule has 0 atom stereocenters. The minimum Gasteiger partial charge on any atom is -0.103 e. The van der Waals surface area contributed by atoms with Crippen LogP contribution in [0.4, 0.5) is 0 Å². The van der Waals surface area contributed by atoms with E-state index in [1.165, 1.54) is 16.7 Å². The first-order chi connectivity index (χ1) is 5.07. The summed E-state index contributed by atoms with van der Waals surface area (Å²) in [4.78, 5) is 0. The van der Waals surface area contributed by atoms with Crippen LogP contribution in [-0.4, -0.2) is 0 Å². The molecule has 0 radical (unpaired) electrons. The third-order valence-corrected chi connectivity index (χ3v) is 1.47. The van der Waals surface area contributed by atoms with Gasteiger partial charge in [-0.15, -0.1) is 6.58 Å². The molecule has 0 aliphatic rings. The van der Waals surface area contributed by atoms with Gasteiger partial charge in [0.15, 0.2) is 0 Å². The van der Waals surface area contributed by atoms with Gasteiger partial charge in [0.05, 0.1) is 0 Å². The van der Waals surface area contributed by atoms with Crippen molar-refractivity contribution in [3.8, 4) is 0 Å². The standard InChI is InChI=1S/C11H18/c1-6-7-11(10(4)5)8-9(2)3/h6,8H,1,7H2,2-5H3. The van der Waals surface area contributed by atoms with Gasteiger partial charge < -0.3 is 0 Å². The summed E-state index contributed by atoms with van der Waals surface area (Å²) in [5, 5.41) is 0. The molecule has 0 aromatic carbocycles. The lowest BCUT2D eigenvalue weighted by atomic mass is 10.1. The van der Waals surface area contributed by atoms with Gasteiger partial charge in [0.2, 0.25) is 0 Å². The Labute approximate surface area is 70.3 Å². The molecule has 0 heterocycles. The van der Waals surface area contributed by atoms with E-state index in [9.17, 15) is 0 Å². The molecule has 0 bridgehead atoms. The summed E-state index contributed by atoms with van der Waals surface area (Å²) in [6.45, 7) is 12.2. The largest absolute Gasteiger partial charge is 0.103 e. The predicted molar refractivity (Wildman–Crippen MR) is 52.6 cm³/mol. The lowest BCUT2D eigenvalue weighted by Crippen LogP contribution is -1.81. The fraction of sp³-hybridized carbons (Fsp3) is 0.455. The summed E-state index contributed by atoms with van der Waals surface area (Å²) < 4.78 is 0. The fourth-order valence-corrected chi connectivity index (χ4v) is 0.911. The van der Waals surface area contributed by atoms with Gasteiger partial charge in [0, 0.05) is 0 Å². The SMILES string of the molecule is C=CCC(C=C(C)C)=C(C)C. The van der Waals surface area contributed by atoms with E-state index in [1.807, 2.05) is 6.08 Å². The summed E-state index contributed by atoms with van der Waals surface area (Å²) in [7, 11) is 0. The van der Waals surface area contributed by atoms with E-state index in [0.717, 1.165) is 6.42 Å². The highest BCUT2D eigenvalue weighted by Gasteiger charge is 1.91.